The van der Waals surface area contributed by atoms with E-state index in [1.807, 2.05) is 0 Å². The van der Waals surface area contributed by atoms with Crippen LogP contribution >= 0.6 is 0 Å². The van der Waals surface area contributed by atoms with Crippen LogP contribution in [0.4, 0.5) is 0 Å². The van der Waals surface area contributed by atoms with Gasteiger partial charge in [0.05, 0.1) is 0 Å². The Morgan fingerprint density at radius 2 is 1.62 bits per heavy atom. The maximum Gasteiger partial charge on any atom is 0.0211 e. The average Bonchev–Trinajstić information content (AvgIpc) is 2.58. The second-order valence-electron chi connectivity index (χ2n) is 6.18. The zero-order valence-corrected chi connectivity index (χ0v) is 11.1. The van der Waals surface area contributed by atoms with Crippen molar-refractivity contribution in [3.05, 3.63) is 35.4 Å². The van der Waals surface area contributed by atoms with Crippen molar-refractivity contribution in [2.75, 3.05) is 0 Å². The Hall–Kier alpha value is -0.820. The molecule has 0 unspecified atom stereocenters. The number of nitrogens with one attached hydrogen (secondary N) is 1. The summed E-state index contributed by atoms with van der Waals surface area (Å²) in [7, 11) is 0. The monoisotopic (exact) mass is 217 g/mol. The lowest BCUT2D eigenvalue weighted by Gasteiger charge is -2.08. The molecule has 0 aliphatic heterocycles. The summed E-state index contributed by atoms with van der Waals surface area (Å²) in [6.45, 7) is 12.6. The SMILES string of the molecule is Cc1ccccc1CNC1C(C)(C)C1(C)C. The molecule has 0 bridgehead atoms. The summed E-state index contributed by atoms with van der Waals surface area (Å²) in [5.41, 5.74) is 3.65. The molecule has 1 aromatic rings. The van der Waals surface area contributed by atoms with Gasteiger partial charge in [-0.3, -0.25) is 0 Å². The highest BCUT2D eigenvalue weighted by atomic mass is 15.0. The van der Waals surface area contributed by atoms with Crippen LogP contribution in [0.5, 0.6) is 0 Å². The van der Waals surface area contributed by atoms with E-state index in [1.54, 1.807) is 0 Å². The first-order chi connectivity index (χ1) is 7.37. The third kappa shape index (κ3) is 1.67. The minimum Gasteiger partial charge on any atom is -0.309 e. The van der Waals surface area contributed by atoms with Gasteiger partial charge in [0.25, 0.3) is 0 Å². The Balaban J connectivity index is 1.98. The Bertz CT molecular complexity index is 376. The highest BCUT2D eigenvalue weighted by molar-refractivity contribution is 5.26. The van der Waals surface area contributed by atoms with Gasteiger partial charge in [-0.1, -0.05) is 52.0 Å². The maximum atomic E-state index is 3.69. The quantitative estimate of drug-likeness (QED) is 0.817. The van der Waals surface area contributed by atoms with E-state index in [9.17, 15) is 0 Å². The fourth-order valence-corrected chi connectivity index (χ4v) is 2.73. The lowest BCUT2D eigenvalue weighted by Crippen LogP contribution is -2.22. The molecule has 1 nitrogen and oxygen atoms in total. The minimum atomic E-state index is 0.426. The highest BCUT2D eigenvalue weighted by Gasteiger charge is 2.64. The molecule has 88 valence electrons. The standard InChI is InChI=1S/C15H23N/c1-11-8-6-7-9-12(11)10-16-13-14(2,3)15(13,4)5/h6-9,13,16H,10H2,1-5H3. The molecule has 0 aromatic heterocycles. The summed E-state index contributed by atoms with van der Waals surface area (Å²) in [5, 5.41) is 3.69. The second kappa shape index (κ2) is 3.59. The maximum absolute atomic E-state index is 3.69. The van der Waals surface area contributed by atoms with Crippen molar-refractivity contribution in [2.24, 2.45) is 10.8 Å². The van der Waals surface area contributed by atoms with Crippen LogP contribution in [-0.4, -0.2) is 6.04 Å². The molecule has 1 heteroatoms. The van der Waals surface area contributed by atoms with Gasteiger partial charge in [0.2, 0.25) is 0 Å². The first-order valence-corrected chi connectivity index (χ1v) is 6.15. The van der Waals surface area contributed by atoms with Crippen LogP contribution in [0, 0.1) is 17.8 Å². The molecule has 1 fully saturated rings. The molecule has 0 saturated heterocycles. The Kier molecular flexibility index (Phi) is 2.62. The Morgan fingerprint density at radius 1 is 1.06 bits per heavy atom. The molecular formula is C15H23N. The molecule has 0 atom stereocenters. The summed E-state index contributed by atoms with van der Waals surface area (Å²) in [6.07, 6.45) is 0. The molecule has 1 aromatic carbocycles. The summed E-state index contributed by atoms with van der Waals surface area (Å²) in [4.78, 5) is 0. The van der Waals surface area contributed by atoms with Crippen LogP contribution < -0.4 is 5.32 Å². The Labute approximate surface area is 99.3 Å². The molecule has 0 radical (unpaired) electrons. The molecule has 1 N–H and O–H groups in total. The van der Waals surface area contributed by atoms with Gasteiger partial charge in [-0.15, -0.1) is 0 Å². The van der Waals surface area contributed by atoms with E-state index >= 15 is 0 Å². The van der Waals surface area contributed by atoms with E-state index in [-0.39, 0.29) is 0 Å². The van der Waals surface area contributed by atoms with Crippen molar-refractivity contribution in [1.29, 1.82) is 0 Å². The predicted molar refractivity (Wildman–Crippen MR) is 69.4 cm³/mol. The van der Waals surface area contributed by atoms with Crippen molar-refractivity contribution >= 4 is 0 Å². The molecule has 16 heavy (non-hydrogen) atoms. The summed E-state index contributed by atoms with van der Waals surface area (Å²) >= 11 is 0. The minimum absolute atomic E-state index is 0.426. The average molecular weight is 217 g/mol. The molecule has 0 amide bonds. The van der Waals surface area contributed by atoms with Crippen LogP contribution in [0.15, 0.2) is 24.3 Å². The van der Waals surface area contributed by atoms with Gasteiger partial charge in [-0.05, 0) is 28.9 Å². The molecule has 1 saturated carbocycles. The predicted octanol–water partition coefficient (Wildman–Crippen LogP) is 3.52. The topological polar surface area (TPSA) is 12.0 Å². The van der Waals surface area contributed by atoms with Crippen LogP contribution in [0.3, 0.4) is 0 Å². The first kappa shape index (κ1) is 11.7. The molecular weight excluding hydrogens is 194 g/mol. The summed E-state index contributed by atoms with van der Waals surface area (Å²) < 4.78 is 0. The second-order valence-corrected chi connectivity index (χ2v) is 6.18. The number of benzene rings is 1. The third-order valence-corrected chi connectivity index (χ3v) is 4.78. The molecule has 0 spiro atoms. The van der Waals surface area contributed by atoms with Crippen molar-refractivity contribution in [3.63, 3.8) is 0 Å². The molecule has 0 heterocycles. The number of hydrogen-bond donors (Lipinski definition) is 1. The van der Waals surface area contributed by atoms with E-state index in [0.717, 1.165) is 6.54 Å². The van der Waals surface area contributed by atoms with Gasteiger partial charge in [0, 0.05) is 12.6 Å². The van der Waals surface area contributed by atoms with Crippen LogP contribution in [0.2, 0.25) is 0 Å². The highest BCUT2D eigenvalue weighted by Crippen LogP contribution is 2.62. The zero-order valence-electron chi connectivity index (χ0n) is 11.1. The Morgan fingerprint density at radius 3 is 2.12 bits per heavy atom. The molecule has 1 aliphatic carbocycles. The number of aryl methyl sites for hydroxylation is 1. The lowest BCUT2D eigenvalue weighted by molar-refractivity contribution is 0.457. The van der Waals surface area contributed by atoms with Crippen LogP contribution in [0.1, 0.15) is 38.8 Å². The fraction of sp³-hybridized carbons (Fsp3) is 0.600. The van der Waals surface area contributed by atoms with Crippen molar-refractivity contribution in [3.8, 4) is 0 Å². The summed E-state index contributed by atoms with van der Waals surface area (Å²) in [6, 6.07) is 9.25. The van der Waals surface area contributed by atoms with Gasteiger partial charge >= 0.3 is 0 Å². The third-order valence-electron chi connectivity index (χ3n) is 4.78. The smallest absolute Gasteiger partial charge is 0.0211 e. The van der Waals surface area contributed by atoms with Gasteiger partial charge < -0.3 is 5.32 Å². The van der Waals surface area contributed by atoms with Gasteiger partial charge in [-0.25, -0.2) is 0 Å². The van der Waals surface area contributed by atoms with Crippen molar-refractivity contribution < 1.29 is 0 Å². The van der Waals surface area contributed by atoms with Gasteiger partial charge in [0.1, 0.15) is 0 Å². The molecule has 1 aliphatic rings. The van der Waals surface area contributed by atoms with Crippen molar-refractivity contribution in [2.45, 2.75) is 47.2 Å². The van der Waals surface area contributed by atoms with Crippen LogP contribution in [-0.2, 0) is 6.54 Å². The summed E-state index contributed by atoms with van der Waals surface area (Å²) in [5.74, 6) is 0. The normalized spacial score (nSPS) is 22.1. The van der Waals surface area contributed by atoms with Crippen molar-refractivity contribution in [1.82, 2.24) is 5.32 Å². The van der Waals surface area contributed by atoms with Gasteiger partial charge in [0.15, 0.2) is 0 Å². The lowest BCUT2D eigenvalue weighted by atomic mass is 10.0. The number of rotatable bonds is 3. The zero-order chi connectivity index (χ0) is 12.0. The largest absolute Gasteiger partial charge is 0.309 e. The van der Waals surface area contributed by atoms with E-state index < -0.39 is 0 Å². The van der Waals surface area contributed by atoms with E-state index in [0.29, 0.717) is 16.9 Å². The number of hydrogen-bond acceptors (Lipinski definition) is 1. The van der Waals surface area contributed by atoms with Crippen LogP contribution in [0.25, 0.3) is 0 Å². The van der Waals surface area contributed by atoms with E-state index in [4.69, 9.17) is 0 Å². The fourth-order valence-electron chi connectivity index (χ4n) is 2.73. The molecule has 2 rings (SSSR count). The van der Waals surface area contributed by atoms with E-state index in [1.165, 1.54) is 11.1 Å². The first-order valence-electron chi connectivity index (χ1n) is 6.15. The van der Waals surface area contributed by atoms with Gasteiger partial charge in [-0.2, -0.15) is 0 Å². The van der Waals surface area contributed by atoms with E-state index in [2.05, 4.69) is 64.2 Å².